The smallest absolute Gasteiger partial charge is 0.255 e. The van der Waals surface area contributed by atoms with Crippen molar-refractivity contribution >= 4 is 29.1 Å². The Kier molecular flexibility index (Phi) is 8.56. The van der Waals surface area contributed by atoms with Crippen LogP contribution in [0.5, 0.6) is 5.75 Å². The van der Waals surface area contributed by atoms with Crippen LogP contribution in [-0.2, 0) is 6.54 Å². The number of carbonyl (C=O) groups excluding carboxylic acids is 2. The van der Waals surface area contributed by atoms with E-state index in [4.69, 9.17) is 22.1 Å². The molecule has 0 aliphatic rings. The molecule has 0 bridgehead atoms. The fourth-order valence-electron chi connectivity index (χ4n) is 3.32. The van der Waals surface area contributed by atoms with Gasteiger partial charge >= 0.3 is 0 Å². The third-order valence-electron chi connectivity index (χ3n) is 5.05. The number of nitrogens with one attached hydrogen (secondary N) is 1. The minimum absolute atomic E-state index is 0.159. The molecule has 0 aromatic heterocycles. The molecule has 3 aromatic carbocycles. The van der Waals surface area contributed by atoms with Crippen molar-refractivity contribution in [3.05, 3.63) is 94.0 Å². The molecule has 3 aromatic rings. The number of rotatable bonds is 9. The van der Waals surface area contributed by atoms with Gasteiger partial charge in [0.1, 0.15) is 17.4 Å². The zero-order chi connectivity index (χ0) is 24.7. The van der Waals surface area contributed by atoms with Gasteiger partial charge in [-0.25, -0.2) is 8.78 Å². The Bertz CT molecular complexity index is 1150. The highest BCUT2D eigenvalue weighted by Gasteiger charge is 2.18. The molecule has 0 fully saturated rings. The maximum Gasteiger partial charge on any atom is 0.255 e. The van der Waals surface area contributed by atoms with E-state index >= 15 is 0 Å². The highest BCUT2D eigenvalue weighted by atomic mass is 35.5. The van der Waals surface area contributed by atoms with Crippen molar-refractivity contribution in [3.8, 4) is 5.75 Å². The molecule has 9 heteroatoms. The van der Waals surface area contributed by atoms with Crippen molar-refractivity contribution in [3.63, 3.8) is 0 Å². The van der Waals surface area contributed by atoms with Gasteiger partial charge in [0.15, 0.2) is 0 Å². The number of hydrogen-bond acceptors (Lipinski definition) is 4. The van der Waals surface area contributed by atoms with Crippen molar-refractivity contribution < 1.29 is 23.1 Å². The molecule has 0 aliphatic carbocycles. The Morgan fingerprint density at radius 1 is 1.00 bits per heavy atom. The lowest BCUT2D eigenvalue weighted by molar-refractivity contribution is 0.0742. The summed E-state index contributed by atoms with van der Waals surface area (Å²) in [5.41, 5.74) is 6.92. The molecule has 0 atom stereocenters. The van der Waals surface area contributed by atoms with Crippen molar-refractivity contribution in [2.75, 3.05) is 25.5 Å². The topological polar surface area (TPSA) is 84.7 Å². The van der Waals surface area contributed by atoms with Gasteiger partial charge in [-0.05, 0) is 73.1 Å². The summed E-state index contributed by atoms with van der Waals surface area (Å²) < 4.78 is 32.1. The maximum absolute atomic E-state index is 13.5. The average Bonchev–Trinajstić information content (AvgIpc) is 2.82. The van der Waals surface area contributed by atoms with Gasteiger partial charge in [-0.2, -0.15) is 0 Å². The van der Waals surface area contributed by atoms with Crippen LogP contribution in [0.4, 0.5) is 14.5 Å². The third kappa shape index (κ3) is 6.52. The van der Waals surface area contributed by atoms with Crippen LogP contribution in [0, 0.1) is 11.6 Å². The summed E-state index contributed by atoms with van der Waals surface area (Å²) in [5.74, 6) is -1.96. The van der Waals surface area contributed by atoms with Crippen LogP contribution in [0.15, 0.2) is 60.7 Å². The summed E-state index contributed by atoms with van der Waals surface area (Å²) in [5, 5.41) is 3.00. The normalized spacial score (nSPS) is 10.6. The summed E-state index contributed by atoms with van der Waals surface area (Å²) in [7, 11) is 1.54. The first-order valence-corrected chi connectivity index (χ1v) is 10.9. The van der Waals surface area contributed by atoms with E-state index in [0.717, 1.165) is 12.1 Å². The minimum atomic E-state index is -0.852. The molecule has 0 heterocycles. The molecule has 178 valence electrons. The van der Waals surface area contributed by atoms with E-state index in [9.17, 15) is 18.4 Å². The monoisotopic (exact) mass is 487 g/mol. The molecule has 34 heavy (non-hydrogen) atoms. The van der Waals surface area contributed by atoms with E-state index in [0.29, 0.717) is 53.2 Å². The van der Waals surface area contributed by atoms with Gasteiger partial charge in [-0.1, -0.05) is 11.6 Å². The van der Waals surface area contributed by atoms with Gasteiger partial charge in [-0.3, -0.25) is 9.59 Å². The van der Waals surface area contributed by atoms with Gasteiger partial charge < -0.3 is 20.7 Å². The number of ether oxygens (including phenoxy) is 1. The second-order valence-electron chi connectivity index (χ2n) is 7.52. The lowest BCUT2D eigenvalue weighted by atomic mass is 10.1. The maximum atomic E-state index is 13.5. The van der Waals surface area contributed by atoms with Crippen LogP contribution in [0.2, 0.25) is 5.02 Å². The standard InChI is InChI=1S/C25H24ClF2N3O3/c1-34-22-6-3-16(4-7-22)25(33)31(10-2-9-29)15-18-13-21(5-8-23(18)26)30-24(32)17-11-19(27)14-20(28)12-17/h3-8,11-14H,2,9-10,15,29H2,1H3,(H,30,32). The molecular formula is C25H24ClF2N3O3. The summed E-state index contributed by atoms with van der Waals surface area (Å²) in [6, 6.07) is 14.1. The lowest BCUT2D eigenvalue weighted by Crippen LogP contribution is -2.32. The van der Waals surface area contributed by atoms with E-state index in [1.807, 2.05) is 0 Å². The molecule has 0 saturated heterocycles. The molecule has 0 unspecified atom stereocenters. The second-order valence-corrected chi connectivity index (χ2v) is 7.92. The molecular weight excluding hydrogens is 464 g/mol. The number of halogens is 3. The Hall–Kier alpha value is -3.49. The molecule has 0 saturated carbocycles. The van der Waals surface area contributed by atoms with Gasteiger partial charge in [-0.15, -0.1) is 0 Å². The number of amides is 2. The number of methoxy groups -OCH3 is 1. The van der Waals surface area contributed by atoms with E-state index < -0.39 is 17.5 Å². The van der Waals surface area contributed by atoms with Gasteiger partial charge in [0.05, 0.1) is 7.11 Å². The number of carbonyl (C=O) groups is 2. The Balaban J connectivity index is 1.81. The number of hydrogen-bond donors (Lipinski definition) is 2. The average molecular weight is 488 g/mol. The lowest BCUT2D eigenvalue weighted by Gasteiger charge is -2.24. The second kappa shape index (κ2) is 11.6. The fraction of sp³-hybridized carbons (Fsp3) is 0.200. The van der Waals surface area contributed by atoms with Gasteiger partial charge in [0.2, 0.25) is 0 Å². The fourth-order valence-corrected chi connectivity index (χ4v) is 3.50. The van der Waals surface area contributed by atoms with Crippen LogP contribution in [0.25, 0.3) is 0 Å². The number of benzene rings is 3. The third-order valence-corrected chi connectivity index (χ3v) is 5.41. The van der Waals surface area contributed by atoms with E-state index in [1.54, 1.807) is 54.5 Å². The Morgan fingerprint density at radius 3 is 2.29 bits per heavy atom. The zero-order valence-electron chi connectivity index (χ0n) is 18.5. The quantitative estimate of drug-likeness (QED) is 0.451. The molecule has 0 radical (unpaired) electrons. The number of nitrogens with two attached hydrogens (primary N) is 1. The molecule has 6 nitrogen and oxygen atoms in total. The van der Waals surface area contributed by atoms with E-state index in [1.165, 1.54) is 0 Å². The van der Waals surface area contributed by atoms with E-state index in [-0.39, 0.29) is 18.0 Å². The minimum Gasteiger partial charge on any atom is -0.497 e. The first kappa shape index (κ1) is 25.1. The molecule has 2 amide bonds. The SMILES string of the molecule is COc1ccc(C(=O)N(CCCN)Cc2cc(NC(=O)c3cc(F)cc(F)c3)ccc2Cl)cc1. The van der Waals surface area contributed by atoms with Crippen LogP contribution in [0.1, 0.15) is 32.7 Å². The summed E-state index contributed by atoms with van der Waals surface area (Å²) in [4.78, 5) is 27.2. The summed E-state index contributed by atoms with van der Waals surface area (Å²) in [6.07, 6.45) is 0.584. The molecule has 3 rings (SSSR count). The summed E-state index contributed by atoms with van der Waals surface area (Å²) >= 11 is 6.37. The van der Waals surface area contributed by atoms with Crippen LogP contribution in [0.3, 0.4) is 0 Å². The highest BCUT2D eigenvalue weighted by Crippen LogP contribution is 2.24. The molecule has 0 spiro atoms. The number of anilines is 1. The number of nitrogens with zero attached hydrogens (tertiary/aromatic N) is 1. The largest absolute Gasteiger partial charge is 0.497 e. The highest BCUT2D eigenvalue weighted by molar-refractivity contribution is 6.31. The van der Waals surface area contributed by atoms with Gasteiger partial charge in [0.25, 0.3) is 11.8 Å². The zero-order valence-corrected chi connectivity index (χ0v) is 19.2. The van der Waals surface area contributed by atoms with Crippen molar-refractivity contribution in [1.29, 1.82) is 0 Å². The predicted octanol–water partition coefficient (Wildman–Crippen LogP) is 4.87. The van der Waals surface area contributed by atoms with Crippen LogP contribution >= 0.6 is 11.6 Å². The van der Waals surface area contributed by atoms with E-state index in [2.05, 4.69) is 5.32 Å². The van der Waals surface area contributed by atoms with Crippen molar-refractivity contribution in [1.82, 2.24) is 4.90 Å². The Labute approximate surface area is 201 Å². The molecule has 0 aliphatic heterocycles. The molecule has 3 N–H and O–H groups in total. The predicted molar refractivity (Wildman–Crippen MR) is 127 cm³/mol. The van der Waals surface area contributed by atoms with Crippen LogP contribution < -0.4 is 15.8 Å². The first-order chi connectivity index (χ1) is 16.3. The van der Waals surface area contributed by atoms with Crippen molar-refractivity contribution in [2.24, 2.45) is 5.73 Å². The van der Waals surface area contributed by atoms with Crippen molar-refractivity contribution in [2.45, 2.75) is 13.0 Å². The Morgan fingerprint density at radius 2 is 1.68 bits per heavy atom. The van der Waals surface area contributed by atoms with Crippen LogP contribution in [-0.4, -0.2) is 36.9 Å². The first-order valence-electron chi connectivity index (χ1n) is 10.5. The summed E-state index contributed by atoms with van der Waals surface area (Å²) in [6.45, 7) is 0.971. The van der Waals surface area contributed by atoms with Gasteiger partial charge in [0, 0.05) is 41.0 Å².